The summed E-state index contributed by atoms with van der Waals surface area (Å²) in [6, 6.07) is -0.158. The van der Waals surface area contributed by atoms with Gasteiger partial charge in [-0.15, -0.1) is 0 Å². The second-order valence-electron chi connectivity index (χ2n) is 5.52. The number of likely N-dealkylation sites (tertiary alicyclic amines) is 1. The van der Waals surface area contributed by atoms with Crippen LogP contribution in [0.2, 0.25) is 0 Å². The van der Waals surface area contributed by atoms with E-state index in [1.54, 1.807) is 0 Å². The van der Waals surface area contributed by atoms with Crippen molar-refractivity contribution < 1.29 is 9.90 Å². The van der Waals surface area contributed by atoms with Crippen LogP contribution in [0.15, 0.2) is 0 Å². The molecule has 2 aliphatic heterocycles. The van der Waals surface area contributed by atoms with E-state index in [9.17, 15) is 9.90 Å². The normalized spacial score (nSPS) is 34.7. The zero-order valence-electron chi connectivity index (χ0n) is 9.49. The third-order valence-electron chi connectivity index (χ3n) is 3.39. The van der Waals surface area contributed by atoms with Crippen LogP contribution in [-0.2, 0) is 4.79 Å². The highest BCUT2D eigenvalue weighted by atomic mass is 16.3. The van der Waals surface area contributed by atoms with Gasteiger partial charge in [0.25, 0.3) is 0 Å². The van der Waals surface area contributed by atoms with Crippen LogP contribution >= 0.6 is 0 Å². The van der Waals surface area contributed by atoms with Crippen molar-refractivity contribution in [3.8, 4) is 0 Å². The molecule has 2 heterocycles. The molecular formula is C11H20N2O2. The Bertz CT molecular complexity index is 265. The van der Waals surface area contributed by atoms with Gasteiger partial charge in [0.05, 0.1) is 12.1 Å². The van der Waals surface area contributed by atoms with Crippen LogP contribution in [0, 0.1) is 5.41 Å². The number of carbonyl (C=O) groups is 1. The van der Waals surface area contributed by atoms with Gasteiger partial charge in [-0.1, -0.05) is 13.8 Å². The molecule has 4 nitrogen and oxygen atoms in total. The van der Waals surface area contributed by atoms with Gasteiger partial charge >= 0.3 is 0 Å². The molecule has 0 aliphatic carbocycles. The molecule has 2 N–H and O–H groups in total. The predicted molar refractivity (Wildman–Crippen MR) is 57.4 cm³/mol. The van der Waals surface area contributed by atoms with Crippen LogP contribution in [0.4, 0.5) is 0 Å². The van der Waals surface area contributed by atoms with Crippen molar-refractivity contribution in [1.29, 1.82) is 0 Å². The van der Waals surface area contributed by atoms with Crippen molar-refractivity contribution >= 4 is 5.91 Å². The summed E-state index contributed by atoms with van der Waals surface area (Å²) in [5.74, 6) is 0.164. The van der Waals surface area contributed by atoms with Gasteiger partial charge in [0, 0.05) is 19.6 Å². The van der Waals surface area contributed by atoms with Gasteiger partial charge < -0.3 is 15.3 Å². The summed E-state index contributed by atoms with van der Waals surface area (Å²) in [5.41, 5.74) is 0.257. The first-order chi connectivity index (χ1) is 6.98. The molecular weight excluding hydrogens is 192 g/mol. The smallest absolute Gasteiger partial charge is 0.239 e. The fourth-order valence-corrected chi connectivity index (χ4v) is 2.43. The lowest BCUT2D eigenvalue weighted by Crippen LogP contribution is -2.42. The molecule has 2 rings (SSSR count). The van der Waals surface area contributed by atoms with Crippen molar-refractivity contribution in [1.82, 2.24) is 10.2 Å². The van der Waals surface area contributed by atoms with E-state index in [0.29, 0.717) is 13.0 Å². The van der Waals surface area contributed by atoms with Crippen molar-refractivity contribution in [2.24, 2.45) is 5.41 Å². The SMILES string of the molecule is CC1(C)CCN(C(=O)[C@H]2C[C@H](O)CN2)C1. The van der Waals surface area contributed by atoms with E-state index < -0.39 is 0 Å². The fraction of sp³-hybridized carbons (Fsp3) is 0.909. The van der Waals surface area contributed by atoms with Gasteiger partial charge in [-0.25, -0.2) is 0 Å². The Kier molecular flexibility index (Phi) is 2.73. The second-order valence-corrected chi connectivity index (χ2v) is 5.52. The molecule has 0 radical (unpaired) electrons. The van der Waals surface area contributed by atoms with Gasteiger partial charge in [-0.05, 0) is 18.3 Å². The minimum absolute atomic E-state index is 0.158. The number of aliphatic hydroxyl groups is 1. The van der Waals surface area contributed by atoms with E-state index in [0.717, 1.165) is 19.5 Å². The molecule has 0 aromatic carbocycles. The Morgan fingerprint density at radius 1 is 1.53 bits per heavy atom. The molecule has 86 valence electrons. The fourth-order valence-electron chi connectivity index (χ4n) is 2.43. The minimum atomic E-state index is -0.352. The summed E-state index contributed by atoms with van der Waals surface area (Å²) in [6.07, 6.45) is 1.29. The quantitative estimate of drug-likeness (QED) is 0.641. The van der Waals surface area contributed by atoms with Crippen LogP contribution in [0.3, 0.4) is 0 Å². The molecule has 2 saturated heterocycles. The van der Waals surface area contributed by atoms with Crippen LogP contribution in [0.1, 0.15) is 26.7 Å². The molecule has 2 atom stereocenters. The molecule has 0 spiro atoms. The van der Waals surface area contributed by atoms with Crippen LogP contribution in [-0.4, -0.2) is 47.7 Å². The maximum Gasteiger partial charge on any atom is 0.239 e. The second kappa shape index (κ2) is 3.76. The van der Waals surface area contributed by atoms with Crippen molar-refractivity contribution in [3.05, 3.63) is 0 Å². The first-order valence-corrected chi connectivity index (χ1v) is 5.68. The highest BCUT2D eigenvalue weighted by Crippen LogP contribution is 2.29. The molecule has 2 fully saturated rings. The molecule has 0 unspecified atom stereocenters. The van der Waals surface area contributed by atoms with E-state index in [4.69, 9.17) is 0 Å². The first-order valence-electron chi connectivity index (χ1n) is 5.68. The van der Waals surface area contributed by atoms with E-state index in [1.807, 2.05) is 4.90 Å². The Morgan fingerprint density at radius 2 is 2.27 bits per heavy atom. The number of rotatable bonds is 1. The molecule has 0 bridgehead atoms. The zero-order valence-corrected chi connectivity index (χ0v) is 9.49. The van der Waals surface area contributed by atoms with Gasteiger partial charge in [-0.2, -0.15) is 0 Å². The largest absolute Gasteiger partial charge is 0.392 e. The van der Waals surface area contributed by atoms with Gasteiger partial charge in [-0.3, -0.25) is 4.79 Å². The van der Waals surface area contributed by atoms with Gasteiger partial charge in [0.1, 0.15) is 0 Å². The maximum atomic E-state index is 12.0. The summed E-state index contributed by atoms with van der Waals surface area (Å²) >= 11 is 0. The molecule has 4 heteroatoms. The third kappa shape index (κ3) is 2.32. The highest BCUT2D eigenvalue weighted by molar-refractivity contribution is 5.82. The average Bonchev–Trinajstić information content (AvgIpc) is 2.71. The van der Waals surface area contributed by atoms with E-state index in [-0.39, 0.29) is 23.5 Å². The predicted octanol–water partition coefficient (Wildman–Crippen LogP) is -0.0323. The van der Waals surface area contributed by atoms with Crippen molar-refractivity contribution in [2.45, 2.75) is 38.8 Å². The molecule has 0 aromatic rings. The van der Waals surface area contributed by atoms with Gasteiger partial charge in [0.15, 0.2) is 0 Å². The van der Waals surface area contributed by atoms with E-state index >= 15 is 0 Å². The lowest BCUT2D eigenvalue weighted by Gasteiger charge is -2.22. The summed E-state index contributed by atoms with van der Waals surface area (Å²) in [6.45, 7) is 6.64. The summed E-state index contributed by atoms with van der Waals surface area (Å²) in [5, 5.41) is 12.4. The van der Waals surface area contributed by atoms with Crippen LogP contribution < -0.4 is 5.32 Å². The monoisotopic (exact) mass is 212 g/mol. The van der Waals surface area contributed by atoms with Gasteiger partial charge in [0.2, 0.25) is 5.91 Å². The number of amides is 1. The minimum Gasteiger partial charge on any atom is -0.392 e. The number of hydrogen-bond acceptors (Lipinski definition) is 3. The number of nitrogens with zero attached hydrogens (tertiary/aromatic N) is 1. The number of hydrogen-bond donors (Lipinski definition) is 2. The Morgan fingerprint density at radius 3 is 2.73 bits per heavy atom. The van der Waals surface area contributed by atoms with E-state index in [2.05, 4.69) is 19.2 Å². The summed E-state index contributed by atoms with van der Waals surface area (Å²) in [7, 11) is 0. The van der Waals surface area contributed by atoms with E-state index in [1.165, 1.54) is 0 Å². The molecule has 2 aliphatic rings. The summed E-state index contributed by atoms with van der Waals surface area (Å²) in [4.78, 5) is 14.0. The summed E-state index contributed by atoms with van der Waals surface area (Å²) < 4.78 is 0. The van der Waals surface area contributed by atoms with Crippen LogP contribution in [0.5, 0.6) is 0 Å². The van der Waals surface area contributed by atoms with Crippen LogP contribution in [0.25, 0.3) is 0 Å². The van der Waals surface area contributed by atoms with Crippen molar-refractivity contribution in [3.63, 3.8) is 0 Å². The number of carbonyl (C=O) groups excluding carboxylic acids is 1. The first kappa shape index (κ1) is 10.9. The Hall–Kier alpha value is -0.610. The topological polar surface area (TPSA) is 52.6 Å². The standard InChI is InChI=1S/C11H20N2O2/c1-11(2)3-4-13(7-11)10(15)9-5-8(14)6-12-9/h8-9,12,14H,3-7H2,1-2H3/t8-,9+/m0/s1. The zero-order chi connectivity index (χ0) is 11.1. The lowest BCUT2D eigenvalue weighted by atomic mass is 9.93. The number of nitrogens with one attached hydrogen (secondary N) is 1. The Balaban J connectivity index is 1.92. The average molecular weight is 212 g/mol. The highest BCUT2D eigenvalue weighted by Gasteiger charge is 2.37. The molecule has 0 aromatic heterocycles. The molecule has 15 heavy (non-hydrogen) atoms. The molecule has 0 saturated carbocycles. The molecule has 1 amide bonds. The number of aliphatic hydroxyl groups excluding tert-OH is 1. The van der Waals surface area contributed by atoms with Crippen molar-refractivity contribution in [2.75, 3.05) is 19.6 Å². The number of β-amino-alcohol motifs (C(OH)–C–C–N with tert-alkyl or cyclic N) is 1. The lowest BCUT2D eigenvalue weighted by molar-refractivity contribution is -0.132. The Labute approximate surface area is 90.6 Å². The maximum absolute atomic E-state index is 12.0. The third-order valence-corrected chi connectivity index (χ3v) is 3.39.